The van der Waals surface area contributed by atoms with Gasteiger partial charge in [0.15, 0.2) is 0 Å². The van der Waals surface area contributed by atoms with Crippen molar-refractivity contribution in [2.75, 3.05) is 12.3 Å². The molecule has 3 N–H and O–H groups in total. The van der Waals surface area contributed by atoms with E-state index in [0.29, 0.717) is 16.6 Å². The van der Waals surface area contributed by atoms with Crippen LogP contribution in [0.5, 0.6) is 0 Å². The molecule has 2 rings (SSSR count). The minimum atomic E-state index is -4.44. The Hall–Kier alpha value is -2.18. The van der Waals surface area contributed by atoms with Gasteiger partial charge in [-0.3, -0.25) is 4.79 Å². The van der Waals surface area contributed by atoms with Crippen LogP contribution in [0.15, 0.2) is 24.3 Å². The normalized spacial score (nSPS) is 12.1. The second-order valence-corrected chi connectivity index (χ2v) is 5.14. The molecule has 0 atom stereocenters. The number of aromatic amines is 1. The summed E-state index contributed by atoms with van der Waals surface area (Å²) < 4.78 is 37.8. The number of para-hydroxylation sites is 1. The maximum absolute atomic E-state index is 12.6. The number of aromatic nitrogens is 1. The zero-order valence-electron chi connectivity index (χ0n) is 11.7. The number of rotatable bonds is 3. The average Bonchev–Trinajstić information content (AvgIpc) is 2.79. The van der Waals surface area contributed by atoms with Crippen molar-refractivity contribution >= 4 is 22.5 Å². The SMILES string of the molecule is CC(C)N(CC(F)(F)F)C(=O)c1cc2cccc(N)c2[nH]1. The third-order valence-electron chi connectivity index (χ3n) is 3.15. The van der Waals surface area contributed by atoms with Gasteiger partial charge in [0.25, 0.3) is 5.91 Å². The maximum Gasteiger partial charge on any atom is 0.406 e. The largest absolute Gasteiger partial charge is 0.406 e. The predicted molar refractivity (Wildman–Crippen MR) is 74.9 cm³/mol. The van der Waals surface area contributed by atoms with Gasteiger partial charge in [-0.1, -0.05) is 12.1 Å². The van der Waals surface area contributed by atoms with Crippen LogP contribution in [0.1, 0.15) is 24.3 Å². The number of nitrogens with two attached hydrogens (primary N) is 1. The van der Waals surface area contributed by atoms with Crippen molar-refractivity contribution < 1.29 is 18.0 Å². The lowest BCUT2D eigenvalue weighted by Crippen LogP contribution is -2.43. The predicted octanol–water partition coefficient (Wildman–Crippen LogP) is 3.16. The molecule has 1 amide bonds. The Morgan fingerprint density at radius 1 is 1.38 bits per heavy atom. The summed E-state index contributed by atoms with van der Waals surface area (Å²) in [6.45, 7) is 1.80. The van der Waals surface area contributed by atoms with E-state index < -0.39 is 24.7 Å². The standard InChI is InChI=1S/C14H16F3N3O/c1-8(2)20(7-14(15,16)17)13(21)11-6-9-4-3-5-10(18)12(9)19-11/h3-6,8,19H,7,18H2,1-2H3. The summed E-state index contributed by atoms with van der Waals surface area (Å²) in [6.07, 6.45) is -4.44. The maximum atomic E-state index is 12.6. The summed E-state index contributed by atoms with van der Waals surface area (Å²) >= 11 is 0. The molecule has 1 heterocycles. The lowest BCUT2D eigenvalue weighted by molar-refractivity contribution is -0.143. The summed E-state index contributed by atoms with van der Waals surface area (Å²) in [5.74, 6) is -0.696. The first-order valence-corrected chi connectivity index (χ1v) is 6.44. The number of H-pyrrole nitrogens is 1. The first kappa shape index (κ1) is 15.2. The fraction of sp³-hybridized carbons (Fsp3) is 0.357. The highest BCUT2D eigenvalue weighted by Crippen LogP contribution is 2.24. The number of nitrogens with zero attached hydrogens (tertiary/aromatic N) is 1. The van der Waals surface area contributed by atoms with Crippen LogP contribution in [0, 0.1) is 0 Å². The van der Waals surface area contributed by atoms with Gasteiger partial charge in [-0.25, -0.2) is 0 Å². The van der Waals surface area contributed by atoms with E-state index in [2.05, 4.69) is 4.98 Å². The minimum Gasteiger partial charge on any atom is -0.397 e. The monoisotopic (exact) mass is 299 g/mol. The van der Waals surface area contributed by atoms with Gasteiger partial charge in [0, 0.05) is 11.4 Å². The highest BCUT2D eigenvalue weighted by Gasteiger charge is 2.35. The first-order valence-electron chi connectivity index (χ1n) is 6.44. The Kier molecular flexibility index (Phi) is 3.85. The van der Waals surface area contributed by atoms with Crippen LogP contribution in [0.2, 0.25) is 0 Å². The summed E-state index contributed by atoms with van der Waals surface area (Å²) in [7, 11) is 0. The molecule has 0 spiro atoms. The third kappa shape index (κ3) is 3.29. The minimum absolute atomic E-state index is 0.0980. The van der Waals surface area contributed by atoms with E-state index in [4.69, 9.17) is 5.73 Å². The molecule has 7 heteroatoms. The molecule has 0 bridgehead atoms. The smallest absolute Gasteiger partial charge is 0.397 e. The van der Waals surface area contributed by atoms with Gasteiger partial charge in [0.2, 0.25) is 0 Å². The van der Waals surface area contributed by atoms with Gasteiger partial charge < -0.3 is 15.6 Å². The van der Waals surface area contributed by atoms with E-state index in [1.807, 2.05) is 0 Å². The van der Waals surface area contributed by atoms with Gasteiger partial charge in [-0.2, -0.15) is 13.2 Å². The van der Waals surface area contributed by atoms with E-state index >= 15 is 0 Å². The van der Waals surface area contributed by atoms with Crippen molar-refractivity contribution in [1.29, 1.82) is 0 Å². The quantitative estimate of drug-likeness (QED) is 0.855. The van der Waals surface area contributed by atoms with Crippen molar-refractivity contribution in [3.63, 3.8) is 0 Å². The molecule has 2 aromatic rings. The number of carbonyl (C=O) groups excluding carboxylic acids is 1. The zero-order valence-corrected chi connectivity index (χ0v) is 11.7. The fourth-order valence-electron chi connectivity index (χ4n) is 2.13. The molecule has 1 aromatic heterocycles. The molecule has 0 aliphatic rings. The second-order valence-electron chi connectivity index (χ2n) is 5.14. The van der Waals surface area contributed by atoms with E-state index in [-0.39, 0.29) is 5.69 Å². The van der Waals surface area contributed by atoms with Crippen LogP contribution in [-0.2, 0) is 0 Å². The van der Waals surface area contributed by atoms with Crippen molar-refractivity contribution in [2.24, 2.45) is 0 Å². The third-order valence-corrected chi connectivity index (χ3v) is 3.15. The zero-order chi connectivity index (χ0) is 15.8. The van der Waals surface area contributed by atoms with Crippen LogP contribution in [0.25, 0.3) is 10.9 Å². The van der Waals surface area contributed by atoms with E-state index in [1.54, 1.807) is 32.0 Å². The second kappa shape index (κ2) is 5.31. The summed E-state index contributed by atoms with van der Waals surface area (Å²) in [6, 6.07) is 6.06. The fourth-order valence-corrected chi connectivity index (χ4v) is 2.13. The number of nitrogens with one attached hydrogen (secondary N) is 1. The molecular weight excluding hydrogens is 283 g/mol. The molecular formula is C14H16F3N3O. The summed E-state index contributed by atoms with van der Waals surface area (Å²) in [5, 5.41) is 0.689. The first-order chi connectivity index (χ1) is 9.69. The van der Waals surface area contributed by atoms with Crippen molar-refractivity contribution in [2.45, 2.75) is 26.1 Å². The molecule has 0 aliphatic heterocycles. The van der Waals surface area contributed by atoms with E-state index in [0.717, 1.165) is 4.90 Å². The summed E-state index contributed by atoms with van der Waals surface area (Å²) in [5.41, 5.74) is 6.86. The Morgan fingerprint density at radius 3 is 2.57 bits per heavy atom. The molecule has 0 aliphatic carbocycles. The Morgan fingerprint density at radius 2 is 2.05 bits per heavy atom. The van der Waals surface area contributed by atoms with Crippen LogP contribution in [0.3, 0.4) is 0 Å². The van der Waals surface area contributed by atoms with Gasteiger partial charge >= 0.3 is 6.18 Å². The number of nitrogen functional groups attached to an aromatic ring is 1. The highest BCUT2D eigenvalue weighted by atomic mass is 19.4. The highest BCUT2D eigenvalue weighted by molar-refractivity contribution is 6.00. The number of anilines is 1. The number of carbonyl (C=O) groups is 1. The van der Waals surface area contributed by atoms with E-state index in [9.17, 15) is 18.0 Å². The number of halogens is 3. The number of hydrogen-bond acceptors (Lipinski definition) is 2. The molecule has 0 saturated heterocycles. The Bertz CT molecular complexity index is 661. The number of fused-ring (bicyclic) bond motifs is 1. The van der Waals surface area contributed by atoms with Gasteiger partial charge in [0.1, 0.15) is 12.2 Å². The molecule has 1 aromatic carbocycles. The number of benzene rings is 1. The van der Waals surface area contributed by atoms with Gasteiger partial charge in [-0.15, -0.1) is 0 Å². The molecule has 4 nitrogen and oxygen atoms in total. The molecule has 114 valence electrons. The topological polar surface area (TPSA) is 62.1 Å². The van der Waals surface area contributed by atoms with Crippen LogP contribution in [-0.4, -0.2) is 34.6 Å². The Labute approximate surface area is 119 Å². The average molecular weight is 299 g/mol. The lowest BCUT2D eigenvalue weighted by Gasteiger charge is -2.27. The molecule has 0 radical (unpaired) electrons. The molecule has 0 saturated carbocycles. The molecule has 0 unspecified atom stereocenters. The van der Waals surface area contributed by atoms with Crippen LogP contribution >= 0.6 is 0 Å². The molecule has 0 fully saturated rings. The van der Waals surface area contributed by atoms with Crippen LogP contribution < -0.4 is 5.73 Å². The molecule has 21 heavy (non-hydrogen) atoms. The van der Waals surface area contributed by atoms with Crippen LogP contribution in [0.4, 0.5) is 18.9 Å². The number of hydrogen-bond donors (Lipinski definition) is 2. The summed E-state index contributed by atoms with van der Waals surface area (Å²) in [4.78, 5) is 15.9. The Balaban J connectivity index is 2.37. The van der Waals surface area contributed by atoms with Crippen molar-refractivity contribution in [3.8, 4) is 0 Å². The van der Waals surface area contributed by atoms with Gasteiger partial charge in [-0.05, 0) is 26.0 Å². The number of alkyl halides is 3. The van der Waals surface area contributed by atoms with Gasteiger partial charge in [0.05, 0.1) is 11.2 Å². The van der Waals surface area contributed by atoms with Crippen molar-refractivity contribution in [1.82, 2.24) is 9.88 Å². The number of amides is 1. The van der Waals surface area contributed by atoms with Crippen molar-refractivity contribution in [3.05, 3.63) is 30.0 Å². The lowest BCUT2D eigenvalue weighted by atomic mass is 10.2. The van der Waals surface area contributed by atoms with E-state index in [1.165, 1.54) is 6.07 Å².